The van der Waals surface area contributed by atoms with E-state index in [1.807, 2.05) is 13.8 Å². The highest BCUT2D eigenvalue weighted by atomic mass is 16.5. The van der Waals surface area contributed by atoms with Gasteiger partial charge in [-0.25, -0.2) is 0 Å². The van der Waals surface area contributed by atoms with E-state index in [4.69, 9.17) is 4.74 Å². The largest absolute Gasteiger partial charge is 0.380 e. The van der Waals surface area contributed by atoms with Crippen molar-refractivity contribution < 1.29 is 4.74 Å². The molecule has 0 bridgehead atoms. The SMILES string of the molecule is CC.CCC1=CN(C2CCN(C3CCOC3)CC2)NN1. The lowest BCUT2D eigenvalue weighted by molar-refractivity contribution is 0.0762. The molecule has 3 aliphatic rings. The molecule has 3 aliphatic heterocycles. The maximum Gasteiger partial charge on any atom is 0.0622 e. The number of nitrogens with zero attached hydrogens (tertiary/aromatic N) is 2. The highest BCUT2D eigenvalue weighted by Gasteiger charge is 2.30. The van der Waals surface area contributed by atoms with Crippen molar-refractivity contribution >= 4 is 0 Å². The predicted molar refractivity (Wildman–Crippen MR) is 81.7 cm³/mol. The average Bonchev–Trinajstić information content (AvgIpc) is 3.21. The number of hydrazine groups is 2. The van der Waals surface area contributed by atoms with E-state index < -0.39 is 0 Å². The molecule has 3 heterocycles. The minimum atomic E-state index is 0.625. The molecule has 5 nitrogen and oxygen atoms in total. The Balaban J connectivity index is 0.000000704. The summed E-state index contributed by atoms with van der Waals surface area (Å²) >= 11 is 0. The zero-order valence-electron chi connectivity index (χ0n) is 13.2. The Morgan fingerprint density at radius 2 is 1.95 bits per heavy atom. The van der Waals surface area contributed by atoms with Crippen molar-refractivity contribution in [2.75, 3.05) is 26.3 Å². The van der Waals surface area contributed by atoms with Crippen molar-refractivity contribution in [3.63, 3.8) is 0 Å². The molecule has 0 aromatic heterocycles. The minimum absolute atomic E-state index is 0.625. The third-order valence-corrected chi connectivity index (χ3v) is 4.34. The molecule has 2 fully saturated rings. The molecule has 0 saturated carbocycles. The number of allylic oxidation sites excluding steroid dienone is 1. The molecule has 0 spiro atoms. The first-order valence-electron chi connectivity index (χ1n) is 8.19. The topological polar surface area (TPSA) is 39.8 Å². The van der Waals surface area contributed by atoms with Gasteiger partial charge < -0.3 is 10.2 Å². The van der Waals surface area contributed by atoms with Crippen molar-refractivity contribution in [3.05, 3.63) is 11.9 Å². The molecule has 2 saturated heterocycles. The maximum absolute atomic E-state index is 5.48. The molecular weight excluding hydrogens is 252 g/mol. The van der Waals surface area contributed by atoms with Gasteiger partial charge in [0.25, 0.3) is 0 Å². The molecule has 116 valence electrons. The lowest BCUT2D eigenvalue weighted by Gasteiger charge is -2.38. The number of piperidine rings is 1. The van der Waals surface area contributed by atoms with Gasteiger partial charge in [0.15, 0.2) is 0 Å². The summed E-state index contributed by atoms with van der Waals surface area (Å²) in [5.74, 6) is 0. The first-order valence-corrected chi connectivity index (χ1v) is 8.19. The van der Waals surface area contributed by atoms with Crippen LogP contribution >= 0.6 is 0 Å². The third kappa shape index (κ3) is 3.65. The van der Waals surface area contributed by atoms with Crippen LogP contribution in [-0.4, -0.2) is 48.3 Å². The zero-order chi connectivity index (χ0) is 14.4. The number of likely N-dealkylation sites (tertiary alicyclic amines) is 1. The van der Waals surface area contributed by atoms with Gasteiger partial charge in [-0.05, 0) is 25.7 Å². The molecule has 0 aliphatic carbocycles. The Morgan fingerprint density at radius 3 is 2.50 bits per heavy atom. The second-order valence-corrected chi connectivity index (χ2v) is 5.44. The van der Waals surface area contributed by atoms with Gasteiger partial charge in [0.2, 0.25) is 0 Å². The van der Waals surface area contributed by atoms with Gasteiger partial charge in [0.1, 0.15) is 0 Å². The molecule has 0 radical (unpaired) electrons. The Hall–Kier alpha value is -0.780. The second-order valence-electron chi connectivity index (χ2n) is 5.44. The van der Waals surface area contributed by atoms with Crippen LogP contribution in [-0.2, 0) is 4.74 Å². The fourth-order valence-electron chi connectivity index (χ4n) is 3.08. The van der Waals surface area contributed by atoms with Crippen molar-refractivity contribution in [1.82, 2.24) is 20.9 Å². The van der Waals surface area contributed by atoms with Crippen molar-refractivity contribution in [1.29, 1.82) is 0 Å². The van der Waals surface area contributed by atoms with E-state index in [1.165, 1.54) is 38.0 Å². The Bertz CT molecular complexity index is 307. The van der Waals surface area contributed by atoms with E-state index in [9.17, 15) is 0 Å². The van der Waals surface area contributed by atoms with E-state index in [0.717, 1.165) is 19.6 Å². The second kappa shape index (κ2) is 7.86. The Labute approximate surface area is 123 Å². The summed E-state index contributed by atoms with van der Waals surface area (Å²) in [5.41, 5.74) is 7.76. The van der Waals surface area contributed by atoms with Crippen LogP contribution in [0, 0.1) is 0 Å². The fraction of sp³-hybridized carbons (Fsp3) is 0.867. The summed E-state index contributed by atoms with van der Waals surface area (Å²) < 4.78 is 5.48. The van der Waals surface area contributed by atoms with Crippen LogP contribution in [0.15, 0.2) is 11.9 Å². The highest BCUT2D eigenvalue weighted by Crippen LogP contribution is 2.22. The Morgan fingerprint density at radius 1 is 1.20 bits per heavy atom. The van der Waals surface area contributed by atoms with E-state index >= 15 is 0 Å². The van der Waals surface area contributed by atoms with Crippen LogP contribution in [0.3, 0.4) is 0 Å². The van der Waals surface area contributed by atoms with Crippen molar-refractivity contribution in [3.8, 4) is 0 Å². The first kappa shape index (κ1) is 15.6. The quantitative estimate of drug-likeness (QED) is 0.826. The van der Waals surface area contributed by atoms with Gasteiger partial charge >= 0.3 is 0 Å². The summed E-state index contributed by atoms with van der Waals surface area (Å²) in [6.07, 6.45) is 6.96. The van der Waals surface area contributed by atoms with Crippen LogP contribution in [0.25, 0.3) is 0 Å². The van der Waals surface area contributed by atoms with E-state index in [-0.39, 0.29) is 0 Å². The average molecular weight is 282 g/mol. The molecule has 1 unspecified atom stereocenters. The molecule has 0 aromatic rings. The van der Waals surface area contributed by atoms with Gasteiger partial charge in [-0.2, -0.15) is 0 Å². The van der Waals surface area contributed by atoms with Crippen LogP contribution in [0.5, 0.6) is 0 Å². The van der Waals surface area contributed by atoms with Crippen LogP contribution in [0.1, 0.15) is 46.5 Å². The highest BCUT2D eigenvalue weighted by molar-refractivity contribution is 5.02. The molecule has 0 amide bonds. The first-order chi connectivity index (χ1) is 9.86. The predicted octanol–water partition coefficient (Wildman–Crippen LogP) is 1.84. The molecule has 0 aromatic carbocycles. The normalized spacial score (nSPS) is 27.9. The Kier molecular flexibility index (Phi) is 6.13. The van der Waals surface area contributed by atoms with Gasteiger partial charge in [0, 0.05) is 43.7 Å². The molecule has 5 heteroatoms. The number of hydrogen-bond acceptors (Lipinski definition) is 5. The molecule has 20 heavy (non-hydrogen) atoms. The summed E-state index contributed by atoms with van der Waals surface area (Å²) in [6, 6.07) is 1.30. The third-order valence-electron chi connectivity index (χ3n) is 4.34. The lowest BCUT2D eigenvalue weighted by atomic mass is 10.0. The summed E-state index contributed by atoms with van der Waals surface area (Å²) in [5, 5.41) is 2.25. The summed E-state index contributed by atoms with van der Waals surface area (Å²) in [4.78, 5) is 2.61. The zero-order valence-corrected chi connectivity index (χ0v) is 13.2. The van der Waals surface area contributed by atoms with Crippen molar-refractivity contribution in [2.45, 2.75) is 58.5 Å². The van der Waals surface area contributed by atoms with Gasteiger partial charge in [-0.15, -0.1) is 5.53 Å². The molecule has 3 rings (SSSR count). The smallest absolute Gasteiger partial charge is 0.0622 e. The number of rotatable bonds is 3. The summed E-state index contributed by atoms with van der Waals surface area (Å²) in [6.45, 7) is 10.5. The fourth-order valence-corrected chi connectivity index (χ4v) is 3.08. The molecule has 2 N–H and O–H groups in total. The summed E-state index contributed by atoms with van der Waals surface area (Å²) in [7, 11) is 0. The van der Waals surface area contributed by atoms with E-state index in [0.29, 0.717) is 12.1 Å². The van der Waals surface area contributed by atoms with Gasteiger partial charge in [-0.1, -0.05) is 20.8 Å². The van der Waals surface area contributed by atoms with Crippen LogP contribution in [0.2, 0.25) is 0 Å². The monoisotopic (exact) mass is 282 g/mol. The minimum Gasteiger partial charge on any atom is -0.380 e. The van der Waals surface area contributed by atoms with E-state index in [2.05, 4.69) is 34.0 Å². The van der Waals surface area contributed by atoms with Crippen molar-refractivity contribution in [2.24, 2.45) is 0 Å². The number of nitrogens with one attached hydrogen (secondary N) is 2. The van der Waals surface area contributed by atoms with E-state index in [1.54, 1.807) is 0 Å². The molecular formula is C15H30N4O. The number of hydrogen-bond donors (Lipinski definition) is 2. The van der Waals surface area contributed by atoms with Gasteiger partial charge in [0.05, 0.1) is 6.61 Å². The molecule has 1 atom stereocenters. The maximum atomic E-state index is 5.48. The standard InChI is InChI=1S/C13H24N4O.C2H6/c1-2-11-9-17(15-14-11)12-3-6-16(7-4-12)13-5-8-18-10-13;1-2/h9,12-15H,2-8,10H2,1H3;1-2H3. The van der Waals surface area contributed by atoms with Gasteiger partial charge in [-0.3, -0.25) is 9.91 Å². The van der Waals surface area contributed by atoms with Crippen LogP contribution in [0.4, 0.5) is 0 Å². The van der Waals surface area contributed by atoms with Crippen LogP contribution < -0.4 is 11.0 Å². The number of ether oxygens (including phenoxy) is 1. The lowest BCUT2D eigenvalue weighted by Crippen LogP contribution is -2.50.